The number of carbonyl (C=O) groups excluding carboxylic acids is 2. The Hall–Kier alpha value is -2.29. The molecule has 2 N–H and O–H groups in total. The van der Waals surface area contributed by atoms with E-state index in [0.29, 0.717) is 23.0 Å². The molecule has 0 spiro atoms. The van der Waals surface area contributed by atoms with E-state index < -0.39 is 11.8 Å². The fourth-order valence-corrected chi connectivity index (χ4v) is 2.88. The number of rotatable bonds is 6. The second-order valence-electron chi connectivity index (χ2n) is 5.86. The second kappa shape index (κ2) is 9.42. The maximum atomic E-state index is 12.1. The third-order valence-electron chi connectivity index (χ3n) is 3.65. The van der Waals surface area contributed by atoms with Gasteiger partial charge in [-0.15, -0.1) is 0 Å². The quantitative estimate of drug-likeness (QED) is 0.504. The Morgan fingerprint density at radius 3 is 2.35 bits per heavy atom. The predicted octanol–water partition coefficient (Wildman–Crippen LogP) is 3.26. The average molecular weight is 468 g/mol. The van der Waals surface area contributed by atoms with Gasteiger partial charge < -0.3 is 9.47 Å². The van der Waals surface area contributed by atoms with Crippen molar-refractivity contribution in [3.05, 3.63) is 57.2 Å². The van der Waals surface area contributed by atoms with Gasteiger partial charge in [-0.25, -0.2) is 0 Å². The minimum atomic E-state index is -0.450. The molecule has 0 fully saturated rings. The lowest BCUT2D eigenvalue weighted by Crippen LogP contribution is -2.43. The molecule has 0 radical (unpaired) electrons. The van der Waals surface area contributed by atoms with Gasteiger partial charge in [-0.3, -0.25) is 20.4 Å². The first-order valence-corrected chi connectivity index (χ1v) is 9.14. The molecule has 2 aromatic carbocycles. The fourth-order valence-electron chi connectivity index (χ4n) is 2.14. The first-order valence-electron chi connectivity index (χ1n) is 8.06. The SMILES string of the molecule is COc1ccc(C(=O)NNC(=O)COc2ccc(C(C)C)cc2)cc1I. The molecule has 0 saturated heterocycles. The summed E-state index contributed by atoms with van der Waals surface area (Å²) in [5, 5.41) is 0. The largest absolute Gasteiger partial charge is 0.496 e. The highest BCUT2D eigenvalue weighted by Gasteiger charge is 2.10. The lowest BCUT2D eigenvalue weighted by atomic mass is 10.0. The molecule has 0 heterocycles. The van der Waals surface area contributed by atoms with Gasteiger partial charge in [0.05, 0.1) is 10.7 Å². The highest BCUT2D eigenvalue weighted by molar-refractivity contribution is 14.1. The Morgan fingerprint density at radius 2 is 1.77 bits per heavy atom. The van der Waals surface area contributed by atoms with E-state index in [0.717, 1.165) is 3.57 Å². The van der Waals surface area contributed by atoms with Crippen molar-refractivity contribution in [2.75, 3.05) is 13.7 Å². The van der Waals surface area contributed by atoms with Crippen molar-refractivity contribution in [3.8, 4) is 11.5 Å². The van der Waals surface area contributed by atoms with E-state index >= 15 is 0 Å². The van der Waals surface area contributed by atoms with Crippen molar-refractivity contribution in [1.29, 1.82) is 0 Å². The summed E-state index contributed by atoms with van der Waals surface area (Å²) in [5.74, 6) is 0.849. The summed E-state index contributed by atoms with van der Waals surface area (Å²) < 4.78 is 11.4. The van der Waals surface area contributed by atoms with Crippen LogP contribution in [0.4, 0.5) is 0 Å². The number of hydrazine groups is 1. The van der Waals surface area contributed by atoms with Crippen LogP contribution in [0.5, 0.6) is 11.5 Å². The first-order chi connectivity index (χ1) is 12.4. The number of nitrogens with one attached hydrogen (secondary N) is 2. The van der Waals surface area contributed by atoms with Gasteiger partial charge in [-0.2, -0.15) is 0 Å². The highest BCUT2D eigenvalue weighted by Crippen LogP contribution is 2.21. The zero-order valence-corrected chi connectivity index (χ0v) is 17.0. The number of methoxy groups -OCH3 is 1. The minimum absolute atomic E-state index is 0.193. The molecule has 2 rings (SSSR count). The van der Waals surface area contributed by atoms with Crippen molar-refractivity contribution < 1.29 is 19.1 Å². The molecule has 0 aliphatic rings. The van der Waals surface area contributed by atoms with Gasteiger partial charge in [0, 0.05) is 5.56 Å². The molecule has 26 heavy (non-hydrogen) atoms. The van der Waals surface area contributed by atoms with Crippen molar-refractivity contribution in [2.24, 2.45) is 0 Å². The van der Waals surface area contributed by atoms with Crippen LogP contribution in [0, 0.1) is 3.57 Å². The third kappa shape index (κ3) is 5.62. The Bertz CT molecular complexity index is 776. The van der Waals surface area contributed by atoms with Crippen LogP contribution in [0.25, 0.3) is 0 Å². The summed E-state index contributed by atoms with van der Waals surface area (Å²) in [6, 6.07) is 12.6. The van der Waals surface area contributed by atoms with Crippen molar-refractivity contribution in [3.63, 3.8) is 0 Å². The molecule has 0 bridgehead atoms. The monoisotopic (exact) mass is 468 g/mol. The molecule has 0 unspecified atom stereocenters. The minimum Gasteiger partial charge on any atom is -0.496 e. The first kappa shape index (κ1) is 20.0. The van der Waals surface area contributed by atoms with Crippen molar-refractivity contribution in [2.45, 2.75) is 19.8 Å². The summed E-state index contributed by atoms with van der Waals surface area (Å²) in [4.78, 5) is 23.9. The smallest absolute Gasteiger partial charge is 0.276 e. The molecule has 6 nitrogen and oxygen atoms in total. The molecule has 0 atom stereocenters. The maximum absolute atomic E-state index is 12.1. The van der Waals surface area contributed by atoms with Crippen molar-refractivity contribution >= 4 is 34.4 Å². The van der Waals surface area contributed by atoms with Crippen LogP contribution < -0.4 is 20.3 Å². The van der Waals surface area contributed by atoms with E-state index in [1.807, 2.05) is 24.3 Å². The maximum Gasteiger partial charge on any atom is 0.276 e. The summed E-state index contributed by atoms with van der Waals surface area (Å²) in [7, 11) is 1.56. The summed E-state index contributed by atoms with van der Waals surface area (Å²) >= 11 is 2.07. The average Bonchev–Trinajstić information content (AvgIpc) is 2.64. The standard InChI is InChI=1S/C19H21IN2O4/c1-12(2)13-4-7-15(8-5-13)26-11-18(23)21-22-19(24)14-6-9-17(25-3)16(20)10-14/h4-10,12H,11H2,1-3H3,(H,21,23)(H,22,24). The van der Waals surface area contributed by atoms with Gasteiger partial charge >= 0.3 is 0 Å². The topological polar surface area (TPSA) is 76.7 Å². The lowest BCUT2D eigenvalue weighted by Gasteiger charge is -2.11. The van der Waals surface area contributed by atoms with E-state index in [1.54, 1.807) is 25.3 Å². The van der Waals surface area contributed by atoms with Crippen LogP contribution in [0.15, 0.2) is 42.5 Å². The van der Waals surface area contributed by atoms with Crippen LogP contribution in [0.1, 0.15) is 35.7 Å². The van der Waals surface area contributed by atoms with Crippen molar-refractivity contribution in [1.82, 2.24) is 10.9 Å². The number of hydrogen-bond acceptors (Lipinski definition) is 4. The molecule has 2 amide bonds. The van der Waals surface area contributed by atoms with Crippen LogP contribution in [-0.2, 0) is 4.79 Å². The van der Waals surface area contributed by atoms with E-state index in [9.17, 15) is 9.59 Å². The third-order valence-corrected chi connectivity index (χ3v) is 4.49. The number of carbonyl (C=O) groups is 2. The van der Waals surface area contributed by atoms with Crippen LogP contribution >= 0.6 is 22.6 Å². The number of halogens is 1. The highest BCUT2D eigenvalue weighted by atomic mass is 127. The van der Waals surface area contributed by atoms with E-state index in [1.165, 1.54) is 5.56 Å². The number of hydrogen-bond donors (Lipinski definition) is 2. The number of benzene rings is 2. The van der Waals surface area contributed by atoms with Gasteiger partial charge in [0.15, 0.2) is 6.61 Å². The molecule has 138 valence electrons. The van der Waals surface area contributed by atoms with Gasteiger partial charge in [0.25, 0.3) is 11.8 Å². The zero-order valence-electron chi connectivity index (χ0n) is 14.8. The van der Waals surface area contributed by atoms with E-state index in [4.69, 9.17) is 9.47 Å². The summed E-state index contributed by atoms with van der Waals surface area (Å²) in [6.45, 7) is 4.02. The molecule has 0 aromatic heterocycles. The molecule has 7 heteroatoms. The molecule has 0 aliphatic heterocycles. The molecule has 0 aliphatic carbocycles. The Kier molecular flexibility index (Phi) is 7.26. The molecular weight excluding hydrogens is 447 g/mol. The fraction of sp³-hybridized carbons (Fsp3) is 0.263. The Balaban J connectivity index is 1.81. The van der Waals surface area contributed by atoms with Crippen LogP contribution in [-0.4, -0.2) is 25.5 Å². The van der Waals surface area contributed by atoms with Crippen LogP contribution in [0.2, 0.25) is 0 Å². The summed E-state index contributed by atoms with van der Waals surface area (Å²) in [5.41, 5.74) is 6.31. The number of amides is 2. The van der Waals surface area contributed by atoms with Crippen LogP contribution in [0.3, 0.4) is 0 Å². The van der Waals surface area contributed by atoms with Gasteiger partial charge in [0.1, 0.15) is 11.5 Å². The summed E-state index contributed by atoms with van der Waals surface area (Å²) in [6.07, 6.45) is 0. The zero-order chi connectivity index (χ0) is 19.1. The predicted molar refractivity (Wildman–Crippen MR) is 107 cm³/mol. The molecule has 2 aromatic rings. The Labute approximate surface area is 166 Å². The molecule has 0 saturated carbocycles. The van der Waals surface area contributed by atoms with Gasteiger partial charge in [-0.1, -0.05) is 26.0 Å². The van der Waals surface area contributed by atoms with E-state index in [-0.39, 0.29) is 6.61 Å². The van der Waals surface area contributed by atoms with E-state index in [2.05, 4.69) is 47.3 Å². The normalized spacial score (nSPS) is 10.3. The molecular formula is C19H21IN2O4. The number of ether oxygens (including phenoxy) is 2. The second-order valence-corrected chi connectivity index (χ2v) is 7.03. The van der Waals surface area contributed by atoms with Gasteiger partial charge in [-0.05, 0) is 64.4 Å². The lowest BCUT2D eigenvalue weighted by molar-refractivity contribution is -0.123. The Morgan fingerprint density at radius 1 is 1.08 bits per heavy atom. The van der Waals surface area contributed by atoms with Gasteiger partial charge in [0.2, 0.25) is 0 Å².